The largest absolute Gasteiger partial charge is 0.493 e. The second-order valence-corrected chi connectivity index (χ2v) is 6.98. The zero-order chi connectivity index (χ0) is 18.1. The van der Waals surface area contributed by atoms with E-state index in [4.69, 9.17) is 9.47 Å². The third-order valence-corrected chi connectivity index (χ3v) is 4.38. The van der Waals surface area contributed by atoms with Crippen LogP contribution in [0.1, 0.15) is 51.9 Å². The van der Waals surface area contributed by atoms with Crippen LogP contribution in [-0.4, -0.2) is 38.3 Å². The molecule has 2 atom stereocenters. The quantitative estimate of drug-likeness (QED) is 0.668. The molecule has 24 heavy (non-hydrogen) atoms. The van der Waals surface area contributed by atoms with Crippen LogP contribution in [0.5, 0.6) is 5.75 Å². The number of rotatable bonds is 10. The van der Waals surface area contributed by atoms with E-state index in [1.54, 1.807) is 12.1 Å². The molecule has 1 aromatic carbocycles. The Morgan fingerprint density at radius 2 is 1.62 bits per heavy atom. The first-order chi connectivity index (χ1) is 11.4. The summed E-state index contributed by atoms with van der Waals surface area (Å²) in [4.78, 5) is 13.8. The van der Waals surface area contributed by atoms with Gasteiger partial charge in [0.05, 0.1) is 31.8 Å². The van der Waals surface area contributed by atoms with Crippen LogP contribution in [0.2, 0.25) is 0 Å². The number of nitrogens with one attached hydrogen (secondary N) is 1. The van der Waals surface area contributed by atoms with Crippen molar-refractivity contribution in [1.29, 1.82) is 0 Å². The SMILES string of the molecule is CC[NH+](CC)C[C@H](C)[C@@H](C)OC(=O)c1ccc(OCC(C)C)cc1. The highest BCUT2D eigenvalue weighted by Crippen LogP contribution is 2.15. The van der Waals surface area contributed by atoms with Crippen LogP contribution >= 0.6 is 0 Å². The van der Waals surface area contributed by atoms with Crippen molar-refractivity contribution in [1.82, 2.24) is 0 Å². The average Bonchev–Trinajstić information content (AvgIpc) is 2.57. The average molecular weight is 336 g/mol. The van der Waals surface area contributed by atoms with Gasteiger partial charge < -0.3 is 14.4 Å². The number of quaternary nitrogens is 1. The fourth-order valence-corrected chi connectivity index (χ4v) is 2.46. The Kier molecular flexibility index (Phi) is 8.83. The lowest BCUT2D eigenvalue weighted by Gasteiger charge is -2.24. The van der Waals surface area contributed by atoms with Gasteiger partial charge in [0.15, 0.2) is 0 Å². The van der Waals surface area contributed by atoms with Crippen molar-refractivity contribution in [2.24, 2.45) is 11.8 Å². The van der Waals surface area contributed by atoms with Crippen LogP contribution in [0.25, 0.3) is 0 Å². The summed E-state index contributed by atoms with van der Waals surface area (Å²) in [7, 11) is 0. The van der Waals surface area contributed by atoms with Gasteiger partial charge in [-0.05, 0) is 51.0 Å². The topological polar surface area (TPSA) is 40.0 Å². The highest BCUT2D eigenvalue weighted by molar-refractivity contribution is 5.89. The molecule has 0 saturated carbocycles. The van der Waals surface area contributed by atoms with E-state index in [1.165, 1.54) is 4.90 Å². The molecular formula is C20H34NO3+. The van der Waals surface area contributed by atoms with Gasteiger partial charge in [-0.15, -0.1) is 0 Å². The van der Waals surface area contributed by atoms with Crippen molar-refractivity contribution in [3.8, 4) is 5.75 Å². The number of carbonyl (C=O) groups is 1. The Hall–Kier alpha value is -1.55. The summed E-state index contributed by atoms with van der Waals surface area (Å²) in [5, 5.41) is 0. The first kappa shape index (κ1) is 20.5. The molecule has 4 nitrogen and oxygen atoms in total. The predicted molar refractivity (Wildman–Crippen MR) is 97.7 cm³/mol. The van der Waals surface area contributed by atoms with Crippen molar-refractivity contribution in [3.63, 3.8) is 0 Å². The maximum Gasteiger partial charge on any atom is 0.338 e. The molecular weight excluding hydrogens is 302 g/mol. The number of benzene rings is 1. The van der Waals surface area contributed by atoms with E-state index in [0.29, 0.717) is 24.0 Å². The molecule has 0 fully saturated rings. The molecule has 0 amide bonds. The van der Waals surface area contributed by atoms with Gasteiger partial charge in [-0.2, -0.15) is 0 Å². The molecule has 0 bridgehead atoms. The van der Waals surface area contributed by atoms with Crippen LogP contribution in [-0.2, 0) is 4.74 Å². The molecule has 1 rings (SSSR count). The minimum Gasteiger partial charge on any atom is -0.493 e. The zero-order valence-corrected chi connectivity index (χ0v) is 16.1. The standard InChI is InChI=1S/C20H33NO3/c1-7-21(8-2)13-16(5)17(6)24-20(22)18-9-11-19(12-10-18)23-14-15(3)4/h9-12,15-17H,7-8,13-14H2,1-6H3/p+1/t16-,17+/m0/s1. The number of carbonyl (C=O) groups excluding carboxylic acids is 1. The maximum atomic E-state index is 12.3. The van der Waals surface area contributed by atoms with Gasteiger partial charge in [0.2, 0.25) is 0 Å². The molecule has 0 aliphatic carbocycles. The first-order valence-electron chi connectivity index (χ1n) is 9.14. The smallest absolute Gasteiger partial charge is 0.338 e. The predicted octanol–water partition coefficient (Wildman–Crippen LogP) is 2.83. The molecule has 4 heteroatoms. The minimum absolute atomic E-state index is 0.0949. The highest BCUT2D eigenvalue weighted by atomic mass is 16.5. The van der Waals surface area contributed by atoms with Crippen LogP contribution in [0, 0.1) is 11.8 Å². The lowest BCUT2D eigenvalue weighted by atomic mass is 10.1. The number of esters is 1. The van der Waals surface area contributed by atoms with Crippen molar-refractivity contribution in [2.75, 3.05) is 26.2 Å². The Morgan fingerprint density at radius 1 is 1.04 bits per heavy atom. The second-order valence-electron chi connectivity index (χ2n) is 6.98. The molecule has 0 aliphatic heterocycles. The fourth-order valence-electron chi connectivity index (χ4n) is 2.46. The number of hydrogen-bond acceptors (Lipinski definition) is 3. The third-order valence-electron chi connectivity index (χ3n) is 4.38. The minimum atomic E-state index is -0.265. The molecule has 0 heterocycles. The fraction of sp³-hybridized carbons (Fsp3) is 0.650. The van der Waals surface area contributed by atoms with Gasteiger partial charge in [0.1, 0.15) is 11.9 Å². The van der Waals surface area contributed by atoms with Crippen LogP contribution in [0.15, 0.2) is 24.3 Å². The van der Waals surface area contributed by atoms with E-state index in [0.717, 1.165) is 25.4 Å². The molecule has 1 aromatic rings. The lowest BCUT2D eigenvalue weighted by molar-refractivity contribution is -0.900. The Morgan fingerprint density at radius 3 is 2.12 bits per heavy atom. The maximum absolute atomic E-state index is 12.3. The normalized spacial score (nSPS) is 13.8. The third kappa shape index (κ3) is 6.91. The van der Waals surface area contributed by atoms with Gasteiger partial charge in [-0.25, -0.2) is 4.79 Å². The van der Waals surface area contributed by atoms with Gasteiger partial charge in [-0.3, -0.25) is 0 Å². The summed E-state index contributed by atoms with van der Waals surface area (Å²) in [6.07, 6.45) is -0.0949. The summed E-state index contributed by atoms with van der Waals surface area (Å²) in [5.41, 5.74) is 0.570. The second kappa shape index (κ2) is 10.3. The summed E-state index contributed by atoms with van der Waals surface area (Å²) in [5.74, 6) is 1.33. The molecule has 1 N–H and O–H groups in total. The summed E-state index contributed by atoms with van der Waals surface area (Å²) in [6, 6.07) is 7.19. The molecule has 0 aromatic heterocycles. The Balaban J connectivity index is 2.54. The van der Waals surface area contributed by atoms with E-state index in [2.05, 4.69) is 34.6 Å². The van der Waals surface area contributed by atoms with Crippen molar-refractivity contribution >= 4 is 5.97 Å². The van der Waals surface area contributed by atoms with Gasteiger partial charge in [0.25, 0.3) is 0 Å². The van der Waals surface area contributed by atoms with E-state index in [1.807, 2.05) is 19.1 Å². The summed E-state index contributed by atoms with van der Waals surface area (Å²) < 4.78 is 11.3. The molecule has 0 aliphatic rings. The number of ether oxygens (including phenoxy) is 2. The first-order valence-corrected chi connectivity index (χ1v) is 9.14. The van der Waals surface area contributed by atoms with Gasteiger partial charge >= 0.3 is 5.97 Å². The molecule has 136 valence electrons. The van der Waals surface area contributed by atoms with E-state index >= 15 is 0 Å². The van der Waals surface area contributed by atoms with Crippen LogP contribution in [0.4, 0.5) is 0 Å². The molecule has 0 saturated heterocycles. The molecule has 0 spiro atoms. The number of hydrogen-bond donors (Lipinski definition) is 1. The van der Waals surface area contributed by atoms with Crippen LogP contribution < -0.4 is 9.64 Å². The summed E-state index contributed by atoms with van der Waals surface area (Å²) in [6.45, 7) is 16.6. The van der Waals surface area contributed by atoms with Gasteiger partial charge in [-0.1, -0.05) is 20.8 Å². The molecule has 0 unspecified atom stereocenters. The Labute approximate surface area is 147 Å². The van der Waals surface area contributed by atoms with Crippen molar-refractivity contribution in [3.05, 3.63) is 29.8 Å². The van der Waals surface area contributed by atoms with E-state index in [-0.39, 0.29) is 12.1 Å². The molecule has 0 radical (unpaired) electrons. The van der Waals surface area contributed by atoms with E-state index < -0.39 is 0 Å². The zero-order valence-electron chi connectivity index (χ0n) is 16.1. The summed E-state index contributed by atoms with van der Waals surface area (Å²) >= 11 is 0. The van der Waals surface area contributed by atoms with E-state index in [9.17, 15) is 4.79 Å². The monoisotopic (exact) mass is 336 g/mol. The van der Waals surface area contributed by atoms with Gasteiger partial charge in [0, 0.05) is 5.92 Å². The van der Waals surface area contributed by atoms with Crippen molar-refractivity contribution in [2.45, 2.75) is 47.6 Å². The van der Waals surface area contributed by atoms with Crippen molar-refractivity contribution < 1.29 is 19.2 Å². The lowest BCUT2D eigenvalue weighted by Crippen LogP contribution is -3.12. The Bertz CT molecular complexity index is 480. The highest BCUT2D eigenvalue weighted by Gasteiger charge is 2.21. The van der Waals surface area contributed by atoms with Crippen LogP contribution in [0.3, 0.4) is 0 Å².